The van der Waals surface area contributed by atoms with Gasteiger partial charge < -0.3 is 5.11 Å². The van der Waals surface area contributed by atoms with Gasteiger partial charge in [0.25, 0.3) is 0 Å². The zero-order valence-electron chi connectivity index (χ0n) is 9.03. The number of hydrogen-bond donors (Lipinski definition) is 1. The summed E-state index contributed by atoms with van der Waals surface area (Å²) in [5.74, 6) is -1.41. The second kappa shape index (κ2) is 5.77. The number of hydrogen-bond acceptors (Lipinski definition) is 3. The molecule has 0 spiro atoms. The van der Waals surface area contributed by atoms with Gasteiger partial charge in [-0.1, -0.05) is 11.8 Å². The summed E-state index contributed by atoms with van der Waals surface area (Å²) in [5, 5.41) is 9.33. The van der Waals surface area contributed by atoms with Crippen molar-refractivity contribution in [3.8, 4) is 0 Å². The van der Waals surface area contributed by atoms with E-state index in [0.717, 1.165) is 23.9 Å². The monoisotopic (exact) mass is 331 g/mol. The van der Waals surface area contributed by atoms with Crippen LogP contribution in [-0.4, -0.2) is 10.1 Å². The van der Waals surface area contributed by atoms with E-state index >= 15 is 0 Å². The molecule has 0 aliphatic heterocycles. The molecule has 6 heteroatoms. The van der Waals surface area contributed by atoms with Crippen LogP contribution in [0, 0.1) is 11.6 Å². The van der Waals surface area contributed by atoms with Crippen molar-refractivity contribution in [3.05, 3.63) is 52.1 Å². The maximum Gasteiger partial charge on any atom is 0.140 e. The standard InChI is InChI=1S/C12H8BrF2NOS/c13-8-2-1-3-16-12(8)18-11-9(14)4-7(6-17)5-10(11)15/h1-5,17H,6H2. The van der Waals surface area contributed by atoms with E-state index in [-0.39, 0.29) is 10.5 Å². The zero-order chi connectivity index (χ0) is 13.1. The Morgan fingerprint density at radius 2 is 1.94 bits per heavy atom. The summed E-state index contributed by atoms with van der Waals surface area (Å²) < 4.78 is 28.1. The lowest BCUT2D eigenvalue weighted by Crippen LogP contribution is -1.93. The van der Waals surface area contributed by atoms with Gasteiger partial charge >= 0.3 is 0 Å². The van der Waals surface area contributed by atoms with Crippen LogP contribution in [0.25, 0.3) is 0 Å². The van der Waals surface area contributed by atoms with E-state index in [1.54, 1.807) is 18.3 Å². The van der Waals surface area contributed by atoms with Crippen LogP contribution < -0.4 is 0 Å². The quantitative estimate of drug-likeness (QED) is 0.929. The summed E-state index contributed by atoms with van der Waals surface area (Å²) in [4.78, 5) is 3.90. The highest BCUT2D eigenvalue weighted by Crippen LogP contribution is 2.35. The van der Waals surface area contributed by atoms with Gasteiger partial charge in [0.05, 0.1) is 16.0 Å². The Morgan fingerprint density at radius 3 is 2.50 bits per heavy atom. The first-order valence-electron chi connectivity index (χ1n) is 4.99. The molecule has 0 saturated carbocycles. The van der Waals surface area contributed by atoms with Crippen LogP contribution in [0.5, 0.6) is 0 Å². The lowest BCUT2D eigenvalue weighted by atomic mass is 10.2. The molecule has 1 heterocycles. The lowest BCUT2D eigenvalue weighted by molar-refractivity contribution is 0.280. The molecule has 2 rings (SSSR count). The van der Waals surface area contributed by atoms with Gasteiger partial charge in [0.2, 0.25) is 0 Å². The van der Waals surface area contributed by atoms with Gasteiger partial charge in [-0.2, -0.15) is 0 Å². The Morgan fingerprint density at radius 1 is 1.28 bits per heavy atom. The van der Waals surface area contributed by atoms with Crippen molar-refractivity contribution in [1.29, 1.82) is 0 Å². The zero-order valence-corrected chi connectivity index (χ0v) is 11.4. The highest BCUT2D eigenvalue weighted by atomic mass is 79.9. The highest BCUT2D eigenvalue weighted by Gasteiger charge is 2.14. The molecular formula is C12H8BrF2NOS. The normalized spacial score (nSPS) is 10.7. The Hall–Kier alpha value is -0.980. The van der Waals surface area contributed by atoms with E-state index in [1.165, 1.54) is 0 Å². The number of aliphatic hydroxyl groups excluding tert-OH is 1. The van der Waals surface area contributed by atoms with Gasteiger partial charge in [-0.25, -0.2) is 13.8 Å². The fourth-order valence-corrected chi connectivity index (χ4v) is 2.63. The molecule has 0 saturated heterocycles. The maximum atomic E-state index is 13.7. The predicted octanol–water partition coefficient (Wildman–Crippen LogP) is 3.77. The Kier molecular flexibility index (Phi) is 4.31. The van der Waals surface area contributed by atoms with Crippen molar-refractivity contribution < 1.29 is 13.9 Å². The molecule has 0 amide bonds. The molecule has 0 atom stereocenters. The molecular weight excluding hydrogens is 324 g/mol. The third kappa shape index (κ3) is 2.88. The Balaban J connectivity index is 2.38. The fourth-order valence-electron chi connectivity index (χ4n) is 1.34. The predicted molar refractivity (Wildman–Crippen MR) is 68.3 cm³/mol. The molecule has 2 aromatic rings. The summed E-state index contributed by atoms with van der Waals surface area (Å²) in [6.45, 7) is -0.397. The van der Waals surface area contributed by atoms with Crippen LogP contribution in [0.1, 0.15) is 5.56 Å². The van der Waals surface area contributed by atoms with E-state index < -0.39 is 18.2 Å². The van der Waals surface area contributed by atoms with E-state index in [1.807, 2.05) is 0 Å². The highest BCUT2D eigenvalue weighted by molar-refractivity contribution is 9.10. The average molecular weight is 332 g/mol. The van der Waals surface area contributed by atoms with Gasteiger partial charge in [-0.15, -0.1) is 0 Å². The van der Waals surface area contributed by atoms with Crippen LogP contribution in [0.2, 0.25) is 0 Å². The van der Waals surface area contributed by atoms with Crippen LogP contribution in [-0.2, 0) is 6.61 Å². The summed E-state index contributed by atoms with van der Waals surface area (Å²) >= 11 is 4.16. The van der Waals surface area contributed by atoms with Crippen molar-refractivity contribution in [2.75, 3.05) is 0 Å². The third-order valence-electron chi connectivity index (χ3n) is 2.16. The lowest BCUT2D eigenvalue weighted by Gasteiger charge is -2.07. The summed E-state index contributed by atoms with van der Waals surface area (Å²) in [7, 11) is 0. The second-order valence-electron chi connectivity index (χ2n) is 3.44. The summed E-state index contributed by atoms with van der Waals surface area (Å²) in [6, 6.07) is 5.69. The van der Waals surface area contributed by atoms with Crippen LogP contribution in [0.4, 0.5) is 8.78 Å². The largest absolute Gasteiger partial charge is 0.392 e. The average Bonchev–Trinajstić information content (AvgIpc) is 2.35. The van der Waals surface area contributed by atoms with E-state index in [4.69, 9.17) is 5.11 Å². The van der Waals surface area contributed by atoms with E-state index in [2.05, 4.69) is 20.9 Å². The van der Waals surface area contributed by atoms with Gasteiger partial charge in [0.15, 0.2) is 0 Å². The van der Waals surface area contributed by atoms with Crippen LogP contribution >= 0.6 is 27.7 Å². The number of aromatic nitrogens is 1. The van der Waals surface area contributed by atoms with Crippen molar-refractivity contribution in [1.82, 2.24) is 4.98 Å². The van der Waals surface area contributed by atoms with E-state index in [0.29, 0.717) is 9.50 Å². The van der Waals surface area contributed by atoms with Crippen molar-refractivity contribution in [2.24, 2.45) is 0 Å². The number of benzene rings is 1. The third-order valence-corrected chi connectivity index (χ3v) is 4.18. The van der Waals surface area contributed by atoms with Crippen molar-refractivity contribution in [2.45, 2.75) is 16.5 Å². The number of pyridine rings is 1. The molecule has 0 aliphatic carbocycles. The molecule has 0 unspecified atom stereocenters. The molecule has 2 nitrogen and oxygen atoms in total. The maximum absolute atomic E-state index is 13.7. The Labute approximate surface area is 115 Å². The molecule has 0 radical (unpaired) electrons. The number of halogens is 3. The van der Waals surface area contributed by atoms with Crippen LogP contribution in [0.3, 0.4) is 0 Å². The first-order chi connectivity index (χ1) is 8.61. The molecule has 1 aromatic heterocycles. The second-order valence-corrected chi connectivity index (χ2v) is 5.29. The minimum Gasteiger partial charge on any atom is -0.392 e. The first-order valence-corrected chi connectivity index (χ1v) is 6.60. The molecule has 1 N–H and O–H groups in total. The first kappa shape index (κ1) is 13.5. The van der Waals surface area contributed by atoms with Gasteiger partial charge in [0, 0.05) is 6.20 Å². The molecule has 18 heavy (non-hydrogen) atoms. The SMILES string of the molecule is OCc1cc(F)c(Sc2ncccc2Br)c(F)c1. The minimum absolute atomic E-state index is 0.133. The topological polar surface area (TPSA) is 33.1 Å². The molecule has 94 valence electrons. The van der Waals surface area contributed by atoms with Gasteiger partial charge in [-0.05, 0) is 45.8 Å². The van der Waals surface area contributed by atoms with Crippen LogP contribution in [0.15, 0.2) is 44.9 Å². The Bertz CT molecular complexity index is 557. The number of rotatable bonds is 3. The summed E-state index contributed by atoms with van der Waals surface area (Å²) in [6.07, 6.45) is 1.55. The van der Waals surface area contributed by atoms with E-state index in [9.17, 15) is 8.78 Å². The number of aliphatic hydroxyl groups is 1. The van der Waals surface area contributed by atoms with Crippen molar-refractivity contribution in [3.63, 3.8) is 0 Å². The van der Waals surface area contributed by atoms with Gasteiger partial charge in [0.1, 0.15) is 16.7 Å². The fraction of sp³-hybridized carbons (Fsp3) is 0.0833. The number of nitrogens with zero attached hydrogens (tertiary/aromatic N) is 1. The molecule has 0 aliphatic rings. The minimum atomic E-state index is -0.707. The smallest absolute Gasteiger partial charge is 0.140 e. The van der Waals surface area contributed by atoms with Gasteiger partial charge in [-0.3, -0.25) is 0 Å². The molecule has 1 aromatic carbocycles. The van der Waals surface area contributed by atoms with Crippen molar-refractivity contribution >= 4 is 27.7 Å². The summed E-state index contributed by atoms with van der Waals surface area (Å²) in [5.41, 5.74) is 0.203. The molecule has 0 bridgehead atoms. The molecule has 0 fully saturated rings.